The first-order chi connectivity index (χ1) is 11.1. The minimum Gasteiger partial charge on any atom is -0.423 e. The van der Waals surface area contributed by atoms with Gasteiger partial charge in [0.25, 0.3) is 0 Å². The summed E-state index contributed by atoms with van der Waals surface area (Å²) in [7, 11) is 0. The number of hydrogen-bond donors (Lipinski definition) is 1. The van der Waals surface area contributed by atoms with Gasteiger partial charge < -0.3 is 10.1 Å². The van der Waals surface area contributed by atoms with Gasteiger partial charge in [-0.2, -0.15) is 8.78 Å². The number of anilines is 1. The quantitative estimate of drug-likeness (QED) is 0.624. The Kier molecular flexibility index (Phi) is 3.43. The number of rotatable bonds is 1. The van der Waals surface area contributed by atoms with E-state index in [0.29, 0.717) is 12.1 Å². The van der Waals surface area contributed by atoms with Crippen molar-refractivity contribution in [2.45, 2.75) is 6.11 Å². The molecule has 0 saturated carbocycles. The Morgan fingerprint density at radius 3 is 2.04 bits per heavy atom. The van der Waals surface area contributed by atoms with E-state index in [0.717, 1.165) is 0 Å². The summed E-state index contributed by atoms with van der Waals surface area (Å²) in [5.41, 5.74) is -2.93. The van der Waals surface area contributed by atoms with Crippen LogP contribution in [0.5, 0.6) is 5.75 Å². The number of alkyl halides is 2. The summed E-state index contributed by atoms with van der Waals surface area (Å²) >= 11 is 0. The molecule has 2 aromatic rings. The number of nitrogens with one attached hydrogen (secondary N) is 1. The highest BCUT2D eigenvalue weighted by Gasteiger charge is 2.46. The molecule has 0 radical (unpaired) electrons. The van der Waals surface area contributed by atoms with Crippen molar-refractivity contribution in [2.75, 3.05) is 5.32 Å². The van der Waals surface area contributed by atoms with E-state index in [1.54, 1.807) is 5.32 Å². The second-order valence-electron chi connectivity index (χ2n) is 4.74. The van der Waals surface area contributed by atoms with Crippen molar-refractivity contribution in [1.29, 1.82) is 0 Å². The SMILES string of the molecule is O=C1Nc2cc(-c3c(F)c(F)cc(F)c3F)c(F)cc2OC1(F)F. The van der Waals surface area contributed by atoms with Gasteiger partial charge in [0.15, 0.2) is 29.0 Å². The van der Waals surface area contributed by atoms with Crippen molar-refractivity contribution in [2.24, 2.45) is 0 Å². The molecule has 2 aromatic carbocycles. The summed E-state index contributed by atoms with van der Waals surface area (Å²) in [6.45, 7) is 0. The number of ether oxygens (including phenoxy) is 1. The molecule has 1 aliphatic rings. The van der Waals surface area contributed by atoms with Gasteiger partial charge in [0.05, 0.1) is 11.3 Å². The predicted octanol–water partition coefficient (Wildman–Crippen LogP) is 3.97. The van der Waals surface area contributed by atoms with Gasteiger partial charge in [-0.25, -0.2) is 22.0 Å². The Labute approximate surface area is 128 Å². The lowest BCUT2D eigenvalue weighted by molar-refractivity contribution is -0.189. The molecule has 1 heterocycles. The Hall–Kier alpha value is -2.78. The second kappa shape index (κ2) is 5.11. The van der Waals surface area contributed by atoms with Crippen LogP contribution in [0, 0.1) is 29.1 Å². The second-order valence-corrected chi connectivity index (χ2v) is 4.74. The topological polar surface area (TPSA) is 38.3 Å². The highest BCUT2D eigenvalue weighted by atomic mass is 19.3. The van der Waals surface area contributed by atoms with Gasteiger partial charge in [0.2, 0.25) is 0 Å². The number of fused-ring (bicyclic) bond motifs is 1. The van der Waals surface area contributed by atoms with Crippen LogP contribution < -0.4 is 10.1 Å². The number of hydrogen-bond acceptors (Lipinski definition) is 2. The Bertz CT molecular complexity index is 856. The molecule has 126 valence electrons. The Morgan fingerprint density at radius 2 is 1.46 bits per heavy atom. The molecule has 0 saturated heterocycles. The fourth-order valence-corrected chi connectivity index (χ4v) is 2.12. The summed E-state index contributed by atoms with van der Waals surface area (Å²) in [4.78, 5) is 11.1. The first kappa shape index (κ1) is 16.1. The standard InChI is InChI=1S/C14H4F7NO2/c15-5-3-9-8(22-13(23)14(20,21)24-9)1-4(5)10-11(18)6(16)2-7(17)12(10)19/h1-3H,(H,22,23). The van der Waals surface area contributed by atoms with Crippen LogP contribution in [0.1, 0.15) is 0 Å². The van der Waals surface area contributed by atoms with E-state index in [4.69, 9.17) is 0 Å². The fraction of sp³-hybridized carbons (Fsp3) is 0.0714. The lowest BCUT2D eigenvalue weighted by atomic mass is 10.0. The van der Waals surface area contributed by atoms with Crippen molar-refractivity contribution in [3.63, 3.8) is 0 Å². The van der Waals surface area contributed by atoms with Crippen molar-refractivity contribution in [3.8, 4) is 16.9 Å². The number of benzene rings is 2. The summed E-state index contributed by atoms with van der Waals surface area (Å²) < 4.78 is 98.2. The number of carbonyl (C=O) groups excluding carboxylic acids is 1. The summed E-state index contributed by atoms with van der Waals surface area (Å²) in [6.07, 6.45) is -4.28. The van der Waals surface area contributed by atoms with Crippen LogP contribution in [0.4, 0.5) is 36.4 Å². The number of amides is 1. The molecule has 0 bridgehead atoms. The average molecular weight is 351 g/mol. The zero-order valence-corrected chi connectivity index (χ0v) is 11.2. The van der Waals surface area contributed by atoms with Crippen LogP contribution in [-0.2, 0) is 4.79 Å². The lowest BCUT2D eigenvalue weighted by Gasteiger charge is -2.25. The summed E-state index contributed by atoms with van der Waals surface area (Å²) in [6, 6.07) is 0.758. The van der Waals surface area contributed by atoms with Crippen LogP contribution >= 0.6 is 0 Å². The molecule has 3 rings (SSSR count). The van der Waals surface area contributed by atoms with Gasteiger partial charge in [-0.15, -0.1) is 0 Å². The molecule has 1 aliphatic heterocycles. The van der Waals surface area contributed by atoms with E-state index in [1.165, 1.54) is 0 Å². The summed E-state index contributed by atoms with van der Waals surface area (Å²) in [5, 5.41) is 1.64. The highest BCUT2D eigenvalue weighted by molar-refractivity contribution is 5.99. The van der Waals surface area contributed by atoms with Crippen molar-refractivity contribution in [3.05, 3.63) is 47.3 Å². The zero-order chi connectivity index (χ0) is 17.8. The van der Waals surface area contributed by atoms with Crippen molar-refractivity contribution in [1.82, 2.24) is 0 Å². The maximum atomic E-state index is 14.0. The molecule has 3 nitrogen and oxygen atoms in total. The molecule has 24 heavy (non-hydrogen) atoms. The molecular weight excluding hydrogens is 347 g/mol. The van der Waals surface area contributed by atoms with E-state index in [9.17, 15) is 35.5 Å². The fourth-order valence-electron chi connectivity index (χ4n) is 2.12. The van der Waals surface area contributed by atoms with E-state index >= 15 is 0 Å². The minimum atomic E-state index is -4.28. The first-order valence-electron chi connectivity index (χ1n) is 6.17. The maximum Gasteiger partial charge on any atom is 0.482 e. The van der Waals surface area contributed by atoms with Crippen molar-refractivity contribution < 1.29 is 40.3 Å². The third-order valence-electron chi connectivity index (χ3n) is 3.20. The smallest absolute Gasteiger partial charge is 0.423 e. The average Bonchev–Trinajstić information content (AvgIpc) is 2.48. The molecule has 1 amide bonds. The van der Waals surface area contributed by atoms with Crippen LogP contribution in [-0.4, -0.2) is 12.0 Å². The molecule has 10 heteroatoms. The van der Waals surface area contributed by atoms with E-state index in [-0.39, 0.29) is 6.07 Å². The minimum absolute atomic E-state index is 0.0735. The van der Waals surface area contributed by atoms with Gasteiger partial charge >= 0.3 is 12.0 Å². The molecule has 0 fully saturated rings. The van der Waals surface area contributed by atoms with Gasteiger partial charge in [-0.1, -0.05) is 0 Å². The van der Waals surface area contributed by atoms with Gasteiger partial charge in [-0.3, -0.25) is 4.79 Å². The molecule has 0 spiro atoms. The number of halogens is 7. The van der Waals surface area contributed by atoms with Crippen molar-refractivity contribution >= 4 is 11.6 Å². The van der Waals surface area contributed by atoms with E-state index < -0.39 is 63.7 Å². The van der Waals surface area contributed by atoms with E-state index in [2.05, 4.69) is 4.74 Å². The molecule has 0 unspecified atom stereocenters. The Morgan fingerprint density at radius 1 is 0.875 bits per heavy atom. The Balaban J connectivity index is 2.23. The lowest BCUT2D eigenvalue weighted by Crippen LogP contribution is -2.43. The third-order valence-corrected chi connectivity index (χ3v) is 3.20. The molecule has 0 aromatic heterocycles. The molecular formula is C14H4F7NO2. The predicted molar refractivity (Wildman–Crippen MR) is 65.9 cm³/mol. The number of carbonyl (C=O) groups is 1. The van der Waals surface area contributed by atoms with Crippen LogP contribution in [0.2, 0.25) is 0 Å². The van der Waals surface area contributed by atoms with E-state index in [1.807, 2.05) is 0 Å². The largest absolute Gasteiger partial charge is 0.482 e. The van der Waals surface area contributed by atoms with Gasteiger partial charge in [0.1, 0.15) is 5.82 Å². The van der Waals surface area contributed by atoms with Crippen LogP contribution in [0.25, 0.3) is 11.1 Å². The monoisotopic (exact) mass is 351 g/mol. The molecule has 0 aliphatic carbocycles. The zero-order valence-electron chi connectivity index (χ0n) is 11.2. The highest BCUT2D eigenvalue weighted by Crippen LogP contribution is 2.41. The molecule has 1 N–H and O–H groups in total. The van der Waals surface area contributed by atoms with Gasteiger partial charge in [0, 0.05) is 17.7 Å². The maximum absolute atomic E-state index is 14.0. The first-order valence-corrected chi connectivity index (χ1v) is 6.17. The van der Waals surface area contributed by atoms with Crippen LogP contribution in [0.15, 0.2) is 18.2 Å². The normalized spacial score (nSPS) is 15.5. The third kappa shape index (κ3) is 2.34. The summed E-state index contributed by atoms with van der Waals surface area (Å²) in [5.74, 6) is -11.6. The van der Waals surface area contributed by atoms with Gasteiger partial charge in [-0.05, 0) is 6.07 Å². The molecule has 0 atom stereocenters. The van der Waals surface area contributed by atoms with Crippen LogP contribution in [0.3, 0.4) is 0 Å².